The Morgan fingerprint density at radius 2 is 1.63 bits per heavy atom. The van der Waals surface area contributed by atoms with Crippen molar-refractivity contribution in [3.63, 3.8) is 0 Å². The minimum atomic E-state index is -3.96. The van der Waals surface area contributed by atoms with Crippen molar-refractivity contribution in [2.75, 3.05) is 11.8 Å². The highest BCUT2D eigenvalue weighted by Gasteiger charge is 2.22. The Morgan fingerprint density at radius 3 is 2.27 bits per heavy atom. The minimum absolute atomic E-state index is 0.106. The van der Waals surface area contributed by atoms with Gasteiger partial charge >= 0.3 is 0 Å². The van der Waals surface area contributed by atoms with Gasteiger partial charge in [0.05, 0.1) is 13.2 Å². The average Bonchev–Trinajstić information content (AvgIpc) is 2.75. The molecule has 0 spiro atoms. The number of methoxy groups -OCH3 is 1. The number of hydrogen-bond acceptors (Lipinski definition) is 4. The molecule has 3 rings (SSSR count). The fraction of sp³-hybridized carbons (Fsp3) is 0.174. The first-order chi connectivity index (χ1) is 14.3. The molecule has 3 aromatic carbocycles. The predicted molar refractivity (Wildman–Crippen MR) is 117 cm³/mol. The van der Waals surface area contributed by atoms with E-state index in [-0.39, 0.29) is 28.2 Å². The van der Waals surface area contributed by atoms with Crippen molar-refractivity contribution in [3.05, 3.63) is 89.5 Å². The summed E-state index contributed by atoms with van der Waals surface area (Å²) in [6, 6.07) is 20.6. The van der Waals surface area contributed by atoms with Crippen molar-refractivity contribution in [1.29, 1.82) is 0 Å². The lowest BCUT2D eigenvalue weighted by molar-refractivity contribution is 0.0939. The smallest absolute Gasteiger partial charge is 0.265 e. The fourth-order valence-corrected chi connectivity index (χ4v) is 4.22. The molecule has 0 aliphatic heterocycles. The third-order valence-corrected chi connectivity index (χ3v) is 6.07. The Kier molecular flexibility index (Phi) is 6.42. The average molecular weight is 425 g/mol. The van der Waals surface area contributed by atoms with Gasteiger partial charge in [-0.1, -0.05) is 48.0 Å². The molecule has 156 valence electrons. The number of benzene rings is 3. The van der Waals surface area contributed by atoms with Crippen LogP contribution in [0.4, 0.5) is 5.69 Å². The highest BCUT2D eigenvalue weighted by Crippen LogP contribution is 2.27. The second kappa shape index (κ2) is 9.00. The Hall–Kier alpha value is -3.32. The number of carbonyl (C=O) groups excluding carboxylic acids is 1. The van der Waals surface area contributed by atoms with Crippen molar-refractivity contribution >= 4 is 21.6 Å². The summed E-state index contributed by atoms with van der Waals surface area (Å²) >= 11 is 0. The van der Waals surface area contributed by atoms with E-state index < -0.39 is 10.0 Å². The topological polar surface area (TPSA) is 84.5 Å². The largest absolute Gasteiger partial charge is 0.495 e. The third-order valence-electron chi connectivity index (χ3n) is 4.67. The molecule has 6 nitrogen and oxygen atoms in total. The van der Waals surface area contributed by atoms with E-state index in [1.54, 1.807) is 12.1 Å². The van der Waals surface area contributed by atoms with Gasteiger partial charge in [0.1, 0.15) is 10.6 Å². The summed E-state index contributed by atoms with van der Waals surface area (Å²) in [6.07, 6.45) is 0. The van der Waals surface area contributed by atoms with Crippen LogP contribution in [0.25, 0.3) is 0 Å². The first-order valence-electron chi connectivity index (χ1n) is 9.43. The second-order valence-electron chi connectivity index (χ2n) is 6.94. The van der Waals surface area contributed by atoms with Crippen LogP contribution in [0.2, 0.25) is 0 Å². The summed E-state index contributed by atoms with van der Waals surface area (Å²) in [5.41, 5.74) is 2.62. The van der Waals surface area contributed by atoms with Crippen LogP contribution in [0.3, 0.4) is 0 Å². The zero-order chi connectivity index (χ0) is 21.7. The molecule has 0 radical (unpaired) electrons. The molecule has 0 aliphatic rings. The lowest BCUT2D eigenvalue weighted by Gasteiger charge is -2.16. The van der Waals surface area contributed by atoms with Crippen LogP contribution < -0.4 is 14.8 Å². The normalized spacial score (nSPS) is 12.1. The lowest BCUT2D eigenvalue weighted by Crippen LogP contribution is -2.27. The van der Waals surface area contributed by atoms with Gasteiger partial charge in [-0.25, -0.2) is 8.42 Å². The van der Waals surface area contributed by atoms with E-state index in [2.05, 4.69) is 10.0 Å². The number of nitrogens with one attached hydrogen (secondary N) is 2. The Labute approximate surface area is 177 Å². The zero-order valence-electron chi connectivity index (χ0n) is 17.0. The van der Waals surface area contributed by atoms with Crippen molar-refractivity contribution in [2.24, 2.45) is 0 Å². The van der Waals surface area contributed by atoms with Crippen LogP contribution in [0.5, 0.6) is 5.75 Å². The Bertz CT molecular complexity index is 1130. The molecule has 0 aliphatic carbocycles. The quantitative estimate of drug-likeness (QED) is 0.592. The molecule has 2 N–H and O–H groups in total. The van der Waals surface area contributed by atoms with Gasteiger partial charge in [-0.2, -0.15) is 0 Å². The Morgan fingerprint density at radius 1 is 0.967 bits per heavy atom. The van der Waals surface area contributed by atoms with Gasteiger partial charge in [-0.3, -0.25) is 9.52 Å². The Balaban J connectivity index is 1.87. The summed E-state index contributed by atoms with van der Waals surface area (Å²) in [4.78, 5) is 12.6. The monoisotopic (exact) mass is 424 g/mol. The first-order valence-corrected chi connectivity index (χ1v) is 10.9. The van der Waals surface area contributed by atoms with Gasteiger partial charge in [0.15, 0.2) is 0 Å². The van der Waals surface area contributed by atoms with Gasteiger partial charge in [-0.15, -0.1) is 0 Å². The molecule has 0 fully saturated rings. The fourth-order valence-electron chi connectivity index (χ4n) is 2.96. The number of hydrogen-bond donors (Lipinski definition) is 2. The maximum absolute atomic E-state index is 13.0. The summed E-state index contributed by atoms with van der Waals surface area (Å²) in [6.45, 7) is 3.78. The maximum atomic E-state index is 13.0. The summed E-state index contributed by atoms with van der Waals surface area (Å²) in [5.74, 6) is -0.219. The standard InChI is InChI=1S/C23H24N2O4S/c1-16-9-12-20(13-10-16)25-30(27,28)22-15-19(11-14-21(22)29-3)23(26)24-17(2)18-7-5-4-6-8-18/h4-15,17,25H,1-3H3,(H,24,26)/t17-/m0/s1. The van der Waals surface area contributed by atoms with E-state index in [0.717, 1.165) is 11.1 Å². The van der Waals surface area contributed by atoms with Crippen LogP contribution in [-0.2, 0) is 10.0 Å². The third kappa shape index (κ3) is 4.99. The molecule has 1 amide bonds. The number of sulfonamides is 1. The van der Waals surface area contributed by atoms with E-state index in [9.17, 15) is 13.2 Å². The van der Waals surface area contributed by atoms with Gasteiger partial charge in [-0.05, 0) is 49.7 Å². The molecule has 3 aromatic rings. The van der Waals surface area contributed by atoms with Crippen molar-refractivity contribution < 1.29 is 17.9 Å². The molecule has 0 saturated carbocycles. The van der Waals surface area contributed by atoms with Gasteiger partial charge < -0.3 is 10.1 Å². The maximum Gasteiger partial charge on any atom is 0.265 e. The summed E-state index contributed by atoms with van der Waals surface area (Å²) in [7, 11) is -2.57. The second-order valence-corrected chi connectivity index (χ2v) is 8.59. The van der Waals surface area contributed by atoms with Crippen molar-refractivity contribution in [1.82, 2.24) is 5.32 Å². The minimum Gasteiger partial charge on any atom is -0.495 e. The van der Waals surface area contributed by atoms with E-state index >= 15 is 0 Å². The molecule has 0 aromatic heterocycles. The predicted octanol–water partition coefficient (Wildman–Crippen LogP) is 4.30. The van der Waals surface area contributed by atoms with Gasteiger partial charge in [0, 0.05) is 11.3 Å². The summed E-state index contributed by atoms with van der Waals surface area (Å²) in [5, 5.41) is 2.89. The van der Waals surface area contributed by atoms with Crippen molar-refractivity contribution in [2.45, 2.75) is 24.8 Å². The van der Waals surface area contributed by atoms with Gasteiger partial charge in [0.2, 0.25) is 0 Å². The molecule has 1 atom stereocenters. The van der Waals surface area contributed by atoms with E-state index in [4.69, 9.17) is 4.74 Å². The van der Waals surface area contributed by atoms with Crippen LogP contribution in [-0.4, -0.2) is 21.4 Å². The number of anilines is 1. The van der Waals surface area contributed by atoms with E-state index in [1.165, 1.54) is 25.3 Å². The number of carbonyl (C=O) groups is 1. The highest BCUT2D eigenvalue weighted by atomic mass is 32.2. The molecule has 0 bridgehead atoms. The number of aryl methyl sites for hydroxylation is 1. The van der Waals surface area contributed by atoms with E-state index in [1.807, 2.05) is 56.3 Å². The molecule has 7 heteroatoms. The molecular formula is C23H24N2O4S. The van der Waals surface area contributed by atoms with Crippen LogP contribution in [0.15, 0.2) is 77.7 Å². The highest BCUT2D eigenvalue weighted by molar-refractivity contribution is 7.92. The number of rotatable bonds is 7. The molecule has 30 heavy (non-hydrogen) atoms. The zero-order valence-corrected chi connectivity index (χ0v) is 17.9. The SMILES string of the molecule is COc1ccc(C(=O)N[C@@H](C)c2ccccc2)cc1S(=O)(=O)Nc1ccc(C)cc1. The lowest BCUT2D eigenvalue weighted by atomic mass is 10.1. The number of ether oxygens (including phenoxy) is 1. The van der Waals surface area contributed by atoms with E-state index in [0.29, 0.717) is 5.69 Å². The van der Waals surface area contributed by atoms with Crippen molar-refractivity contribution in [3.8, 4) is 5.75 Å². The first kappa shape index (κ1) is 21.4. The number of amides is 1. The van der Waals surface area contributed by atoms with Crippen LogP contribution in [0, 0.1) is 6.92 Å². The van der Waals surface area contributed by atoms with Gasteiger partial charge in [0.25, 0.3) is 15.9 Å². The molecule has 0 saturated heterocycles. The summed E-state index contributed by atoms with van der Waals surface area (Å²) < 4.78 is 33.7. The molecule has 0 heterocycles. The van der Waals surface area contributed by atoms with Crippen LogP contribution in [0.1, 0.15) is 34.5 Å². The molecular weight excluding hydrogens is 400 g/mol. The molecule has 0 unspecified atom stereocenters. The van der Waals surface area contributed by atoms with Crippen LogP contribution >= 0.6 is 0 Å².